The number of piperidine rings is 1. The highest BCUT2D eigenvalue weighted by atomic mass is 19.4. The molecular formula is C22H25F3N2O2. The Bertz CT molecular complexity index is 796. The highest BCUT2D eigenvalue weighted by Crippen LogP contribution is 2.35. The molecule has 1 saturated heterocycles. The number of carbonyl (C=O) groups excluding carboxylic acids is 1. The summed E-state index contributed by atoms with van der Waals surface area (Å²) in [5.74, 6) is -0.428. The number of nitrogens with one attached hydrogen (secondary N) is 1. The molecule has 0 spiro atoms. The van der Waals surface area contributed by atoms with Gasteiger partial charge in [0, 0.05) is 19.6 Å². The first-order valence-electron chi connectivity index (χ1n) is 9.74. The molecule has 2 aromatic rings. The summed E-state index contributed by atoms with van der Waals surface area (Å²) < 4.78 is 44.0. The Morgan fingerprint density at radius 1 is 1.10 bits per heavy atom. The van der Waals surface area contributed by atoms with Crippen LogP contribution in [0.2, 0.25) is 0 Å². The number of halogens is 3. The van der Waals surface area contributed by atoms with Gasteiger partial charge in [-0.3, -0.25) is 9.69 Å². The molecular weight excluding hydrogens is 381 g/mol. The van der Waals surface area contributed by atoms with Gasteiger partial charge >= 0.3 is 6.18 Å². The number of carbonyl (C=O) groups is 1. The van der Waals surface area contributed by atoms with Crippen LogP contribution in [0.4, 0.5) is 13.2 Å². The molecule has 2 aromatic carbocycles. The molecule has 0 bridgehead atoms. The van der Waals surface area contributed by atoms with Crippen LogP contribution in [0.1, 0.15) is 24.0 Å². The van der Waals surface area contributed by atoms with Crippen molar-refractivity contribution in [3.8, 4) is 5.75 Å². The number of alkyl halides is 3. The number of para-hydroxylation sites is 1. The first-order valence-corrected chi connectivity index (χ1v) is 9.74. The van der Waals surface area contributed by atoms with Crippen LogP contribution in [0.5, 0.6) is 5.75 Å². The summed E-state index contributed by atoms with van der Waals surface area (Å²) in [7, 11) is 0. The zero-order valence-corrected chi connectivity index (χ0v) is 16.1. The van der Waals surface area contributed by atoms with Crippen LogP contribution in [-0.2, 0) is 17.5 Å². The minimum Gasteiger partial charge on any atom is -0.483 e. The Kier molecular flexibility index (Phi) is 7.14. The van der Waals surface area contributed by atoms with Gasteiger partial charge in [-0.15, -0.1) is 0 Å². The molecule has 1 aliphatic rings. The maximum absolute atomic E-state index is 13.0. The smallest absolute Gasteiger partial charge is 0.419 e. The predicted molar refractivity (Wildman–Crippen MR) is 104 cm³/mol. The first kappa shape index (κ1) is 21.2. The summed E-state index contributed by atoms with van der Waals surface area (Å²) in [5, 5.41) is 2.79. The second-order valence-corrected chi connectivity index (χ2v) is 7.32. The average Bonchev–Trinajstić information content (AvgIpc) is 2.71. The standard InChI is InChI=1S/C22H25F3N2O2/c23-22(24,25)19-10-4-5-11-20(19)29-16-21(28)26-13-18-9-6-12-27(15-18)14-17-7-2-1-3-8-17/h1-5,7-8,10-11,18H,6,9,12-16H2,(H,26,28). The fourth-order valence-electron chi connectivity index (χ4n) is 3.58. The van der Waals surface area contributed by atoms with E-state index in [-0.39, 0.29) is 5.75 Å². The van der Waals surface area contributed by atoms with Gasteiger partial charge in [0.1, 0.15) is 5.75 Å². The van der Waals surface area contributed by atoms with Crippen molar-refractivity contribution in [3.05, 3.63) is 65.7 Å². The third-order valence-electron chi connectivity index (χ3n) is 4.99. The fraction of sp³-hybridized carbons (Fsp3) is 0.409. The maximum atomic E-state index is 13.0. The molecule has 0 aliphatic carbocycles. The third kappa shape index (κ3) is 6.49. The van der Waals surface area contributed by atoms with Crippen LogP contribution in [0.3, 0.4) is 0 Å². The Balaban J connectivity index is 1.44. The van der Waals surface area contributed by atoms with E-state index >= 15 is 0 Å². The summed E-state index contributed by atoms with van der Waals surface area (Å²) in [5.41, 5.74) is 0.380. The third-order valence-corrected chi connectivity index (χ3v) is 4.99. The summed E-state index contributed by atoms with van der Waals surface area (Å²) >= 11 is 0. The van der Waals surface area contributed by atoms with Crippen molar-refractivity contribution in [1.29, 1.82) is 0 Å². The van der Waals surface area contributed by atoms with Crippen molar-refractivity contribution in [1.82, 2.24) is 10.2 Å². The number of hydrogen-bond donors (Lipinski definition) is 1. The molecule has 156 valence electrons. The zero-order valence-electron chi connectivity index (χ0n) is 16.1. The van der Waals surface area contributed by atoms with Crippen molar-refractivity contribution >= 4 is 5.91 Å². The van der Waals surface area contributed by atoms with Gasteiger partial charge in [-0.2, -0.15) is 13.2 Å². The number of hydrogen-bond acceptors (Lipinski definition) is 3. The van der Waals surface area contributed by atoms with Gasteiger partial charge in [0.2, 0.25) is 0 Å². The number of likely N-dealkylation sites (tertiary alicyclic amines) is 1. The van der Waals surface area contributed by atoms with Crippen LogP contribution >= 0.6 is 0 Å². The van der Waals surface area contributed by atoms with Crippen LogP contribution in [0.25, 0.3) is 0 Å². The molecule has 0 aromatic heterocycles. The second-order valence-electron chi connectivity index (χ2n) is 7.32. The quantitative estimate of drug-likeness (QED) is 0.752. The molecule has 29 heavy (non-hydrogen) atoms. The average molecular weight is 406 g/mol. The van der Waals surface area contributed by atoms with Crippen molar-refractivity contribution in [2.75, 3.05) is 26.2 Å². The van der Waals surface area contributed by atoms with E-state index in [1.54, 1.807) is 0 Å². The highest BCUT2D eigenvalue weighted by Gasteiger charge is 2.34. The second kappa shape index (κ2) is 9.78. The van der Waals surface area contributed by atoms with E-state index in [1.807, 2.05) is 18.2 Å². The van der Waals surface area contributed by atoms with Crippen LogP contribution in [-0.4, -0.2) is 37.0 Å². The predicted octanol–water partition coefficient (Wildman–Crippen LogP) is 4.11. The van der Waals surface area contributed by atoms with Gasteiger partial charge in [0.25, 0.3) is 5.91 Å². The number of benzene rings is 2. The normalized spacial score (nSPS) is 17.7. The van der Waals surface area contributed by atoms with Crippen LogP contribution < -0.4 is 10.1 Å². The van der Waals surface area contributed by atoms with Gasteiger partial charge in [-0.25, -0.2) is 0 Å². The molecule has 1 amide bonds. The zero-order chi connectivity index (χ0) is 20.7. The van der Waals surface area contributed by atoms with E-state index in [4.69, 9.17) is 4.74 Å². The van der Waals surface area contributed by atoms with Crippen LogP contribution in [0.15, 0.2) is 54.6 Å². The molecule has 0 radical (unpaired) electrons. The van der Waals surface area contributed by atoms with Gasteiger partial charge in [0.15, 0.2) is 6.61 Å². The van der Waals surface area contributed by atoms with Gasteiger partial charge in [0.05, 0.1) is 5.56 Å². The molecule has 7 heteroatoms. The lowest BCUT2D eigenvalue weighted by Crippen LogP contribution is -2.41. The molecule has 4 nitrogen and oxygen atoms in total. The van der Waals surface area contributed by atoms with Crippen molar-refractivity contribution < 1.29 is 22.7 Å². The number of rotatable bonds is 7. The fourth-order valence-corrected chi connectivity index (χ4v) is 3.58. The monoisotopic (exact) mass is 406 g/mol. The Hall–Kier alpha value is -2.54. The molecule has 1 aliphatic heterocycles. The number of nitrogens with zero attached hydrogens (tertiary/aromatic N) is 1. The summed E-state index contributed by atoms with van der Waals surface area (Å²) in [6.07, 6.45) is -2.44. The van der Waals surface area contributed by atoms with Gasteiger partial charge in [-0.05, 0) is 43.0 Å². The molecule has 1 N–H and O–H groups in total. The Morgan fingerprint density at radius 3 is 2.59 bits per heavy atom. The molecule has 1 fully saturated rings. The van der Waals surface area contributed by atoms with E-state index in [9.17, 15) is 18.0 Å². The lowest BCUT2D eigenvalue weighted by molar-refractivity contribution is -0.139. The maximum Gasteiger partial charge on any atom is 0.419 e. The Morgan fingerprint density at radius 2 is 1.83 bits per heavy atom. The largest absolute Gasteiger partial charge is 0.483 e. The minimum atomic E-state index is -4.52. The van der Waals surface area contributed by atoms with Crippen molar-refractivity contribution in [2.24, 2.45) is 5.92 Å². The van der Waals surface area contributed by atoms with Crippen molar-refractivity contribution in [3.63, 3.8) is 0 Å². The van der Waals surface area contributed by atoms with E-state index in [0.29, 0.717) is 12.5 Å². The van der Waals surface area contributed by atoms with E-state index < -0.39 is 24.3 Å². The molecule has 3 rings (SSSR count). The van der Waals surface area contributed by atoms with Crippen LogP contribution in [0, 0.1) is 5.92 Å². The molecule has 0 saturated carbocycles. The highest BCUT2D eigenvalue weighted by molar-refractivity contribution is 5.77. The summed E-state index contributed by atoms with van der Waals surface area (Å²) in [4.78, 5) is 14.4. The van der Waals surface area contributed by atoms with Gasteiger partial charge in [-0.1, -0.05) is 42.5 Å². The van der Waals surface area contributed by atoms with E-state index in [2.05, 4.69) is 22.3 Å². The minimum absolute atomic E-state index is 0.318. The molecule has 1 unspecified atom stereocenters. The topological polar surface area (TPSA) is 41.6 Å². The van der Waals surface area contributed by atoms with E-state index in [1.165, 1.54) is 23.8 Å². The summed E-state index contributed by atoms with van der Waals surface area (Å²) in [6, 6.07) is 15.1. The van der Waals surface area contributed by atoms with Crippen molar-refractivity contribution in [2.45, 2.75) is 25.6 Å². The lowest BCUT2D eigenvalue weighted by Gasteiger charge is -2.32. The summed E-state index contributed by atoms with van der Waals surface area (Å²) in [6.45, 7) is 2.84. The Labute approximate surface area is 168 Å². The van der Waals surface area contributed by atoms with E-state index in [0.717, 1.165) is 38.5 Å². The first-order chi connectivity index (χ1) is 13.9. The number of amides is 1. The molecule has 1 heterocycles. The SMILES string of the molecule is O=C(COc1ccccc1C(F)(F)F)NCC1CCCN(Cc2ccccc2)C1. The van der Waals surface area contributed by atoms with Gasteiger partial charge < -0.3 is 10.1 Å². The lowest BCUT2D eigenvalue weighted by atomic mass is 9.97. The number of ether oxygens (including phenoxy) is 1. The molecule has 1 atom stereocenters.